The van der Waals surface area contributed by atoms with E-state index in [1.165, 1.54) is 5.56 Å². The lowest BCUT2D eigenvalue weighted by Gasteiger charge is -2.11. The first kappa shape index (κ1) is 16.5. The van der Waals surface area contributed by atoms with Crippen LogP contribution in [0.4, 0.5) is 0 Å². The van der Waals surface area contributed by atoms with E-state index in [1.807, 2.05) is 48.0 Å². The van der Waals surface area contributed by atoms with Crippen LogP contribution in [0, 0.1) is 0 Å². The van der Waals surface area contributed by atoms with E-state index in [0.29, 0.717) is 0 Å². The summed E-state index contributed by atoms with van der Waals surface area (Å²) >= 11 is 1.67. The molecule has 0 amide bonds. The molecule has 0 aliphatic rings. The number of aromatic nitrogens is 5. The summed E-state index contributed by atoms with van der Waals surface area (Å²) in [5.41, 5.74) is 3.70. The van der Waals surface area contributed by atoms with Crippen molar-refractivity contribution in [2.45, 2.75) is 17.3 Å². The molecule has 4 rings (SSSR count). The molecule has 0 spiro atoms. The van der Waals surface area contributed by atoms with Gasteiger partial charge in [0.05, 0.1) is 5.69 Å². The molecular formula is C19H17N5OS. The van der Waals surface area contributed by atoms with Crippen LogP contribution < -0.4 is 0 Å². The molecule has 4 aromatic rings. The molecule has 0 N–H and O–H groups in total. The maximum Gasteiger partial charge on any atom is 0.191 e. The Morgan fingerprint density at radius 3 is 2.77 bits per heavy atom. The highest BCUT2D eigenvalue weighted by Gasteiger charge is 2.14. The fraction of sp³-hybridized carbons (Fsp3) is 0.158. The van der Waals surface area contributed by atoms with Crippen molar-refractivity contribution in [2.24, 2.45) is 7.05 Å². The van der Waals surface area contributed by atoms with Crippen molar-refractivity contribution in [1.82, 2.24) is 24.9 Å². The van der Waals surface area contributed by atoms with E-state index in [4.69, 9.17) is 4.52 Å². The lowest BCUT2D eigenvalue weighted by atomic mass is 10.1. The van der Waals surface area contributed by atoms with E-state index in [-0.39, 0.29) is 5.25 Å². The largest absolute Gasteiger partial charge is 0.356 e. The average molecular weight is 363 g/mol. The molecule has 0 saturated carbocycles. The van der Waals surface area contributed by atoms with Gasteiger partial charge < -0.3 is 9.09 Å². The normalized spacial score (nSPS) is 12.2. The van der Waals surface area contributed by atoms with Gasteiger partial charge in [-0.2, -0.15) is 0 Å². The number of hydrogen-bond donors (Lipinski definition) is 0. The maximum absolute atomic E-state index is 5.54. The molecule has 3 heterocycles. The molecule has 0 saturated heterocycles. The maximum atomic E-state index is 5.54. The zero-order chi connectivity index (χ0) is 17.9. The molecule has 7 heteroatoms. The third-order valence-electron chi connectivity index (χ3n) is 4.03. The molecule has 0 aliphatic heterocycles. The van der Waals surface area contributed by atoms with Crippen LogP contribution >= 0.6 is 11.8 Å². The molecule has 1 unspecified atom stereocenters. The van der Waals surface area contributed by atoms with Crippen molar-refractivity contribution in [3.8, 4) is 22.7 Å². The van der Waals surface area contributed by atoms with Crippen LogP contribution in [0.25, 0.3) is 22.7 Å². The fourth-order valence-electron chi connectivity index (χ4n) is 2.60. The van der Waals surface area contributed by atoms with Crippen molar-refractivity contribution in [1.29, 1.82) is 0 Å². The smallest absolute Gasteiger partial charge is 0.191 e. The minimum absolute atomic E-state index is 0.232. The van der Waals surface area contributed by atoms with Gasteiger partial charge in [-0.1, -0.05) is 41.2 Å². The predicted molar refractivity (Wildman–Crippen MR) is 100 cm³/mol. The van der Waals surface area contributed by atoms with E-state index in [2.05, 4.69) is 39.4 Å². The topological polar surface area (TPSA) is 69.6 Å². The van der Waals surface area contributed by atoms with Gasteiger partial charge >= 0.3 is 0 Å². The second kappa shape index (κ2) is 7.13. The Balaban J connectivity index is 1.58. The van der Waals surface area contributed by atoms with E-state index in [1.54, 1.807) is 24.3 Å². The first-order valence-electron chi connectivity index (χ1n) is 8.20. The Morgan fingerprint density at radius 1 is 1.08 bits per heavy atom. The summed E-state index contributed by atoms with van der Waals surface area (Å²) in [6.45, 7) is 2.15. The highest BCUT2D eigenvalue weighted by Crippen LogP contribution is 2.35. The monoisotopic (exact) mass is 363 g/mol. The SMILES string of the molecule is CC(Sc1nncn1C)c1cccc(-c2cc(-c3ccccn3)no2)c1. The molecule has 26 heavy (non-hydrogen) atoms. The van der Waals surface area contributed by atoms with Crippen molar-refractivity contribution < 1.29 is 4.52 Å². The second-order valence-corrected chi connectivity index (χ2v) is 7.21. The molecule has 0 fully saturated rings. The standard InChI is InChI=1S/C19H17N5OS/c1-13(26-19-22-21-12-24(19)2)14-6-5-7-15(10-14)18-11-17(23-25-18)16-8-3-4-9-20-16/h3-13H,1-2H3. The Labute approximate surface area is 155 Å². The lowest BCUT2D eigenvalue weighted by Crippen LogP contribution is -1.94. The zero-order valence-corrected chi connectivity index (χ0v) is 15.2. The van der Waals surface area contributed by atoms with E-state index in [9.17, 15) is 0 Å². The minimum atomic E-state index is 0.232. The summed E-state index contributed by atoms with van der Waals surface area (Å²) in [5.74, 6) is 0.725. The third-order valence-corrected chi connectivity index (χ3v) is 5.24. The van der Waals surface area contributed by atoms with E-state index < -0.39 is 0 Å². The van der Waals surface area contributed by atoms with Crippen LogP contribution in [0.5, 0.6) is 0 Å². The van der Waals surface area contributed by atoms with Gasteiger partial charge in [-0.15, -0.1) is 10.2 Å². The minimum Gasteiger partial charge on any atom is -0.356 e. The fourth-order valence-corrected chi connectivity index (χ4v) is 3.50. The van der Waals surface area contributed by atoms with Gasteiger partial charge in [-0.25, -0.2) is 0 Å². The molecule has 0 radical (unpaired) electrons. The van der Waals surface area contributed by atoms with Gasteiger partial charge in [0.15, 0.2) is 10.9 Å². The van der Waals surface area contributed by atoms with Crippen LogP contribution in [-0.2, 0) is 7.05 Å². The van der Waals surface area contributed by atoms with Gasteiger partial charge in [0.1, 0.15) is 12.0 Å². The first-order valence-corrected chi connectivity index (χ1v) is 9.08. The number of benzene rings is 1. The summed E-state index contributed by atoms with van der Waals surface area (Å²) in [7, 11) is 1.94. The number of nitrogens with zero attached hydrogens (tertiary/aromatic N) is 5. The molecule has 130 valence electrons. The third kappa shape index (κ3) is 3.39. The van der Waals surface area contributed by atoms with Crippen molar-refractivity contribution >= 4 is 11.8 Å². The number of hydrogen-bond acceptors (Lipinski definition) is 6. The van der Waals surface area contributed by atoms with Crippen molar-refractivity contribution in [3.63, 3.8) is 0 Å². The van der Waals surface area contributed by atoms with Crippen molar-refractivity contribution in [3.05, 3.63) is 66.6 Å². The molecule has 0 bridgehead atoms. The summed E-state index contributed by atoms with van der Waals surface area (Å²) in [6.07, 6.45) is 3.45. The quantitative estimate of drug-likeness (QED) is 0.490. The molecule has 0 aliphatic carbocycles. The zero-order valence-electron chi connectivity index (χ0n) is 14.4. The lowest BCUT2D eigenvalue weighted by molar-refractivity contribution is 0.434. The summed E-state index contributed by atoms with van der Waals surface area (Å²) in [4.78, 5) is 4.31. The van der Waals surface area contributed by atoms with Crippen molar-refractivity contribution in [2.75, 3.05) is 0 Å². The molecule has 1 aromatic carbocycles. The van der Waals surface area contributed by atoms with Gasteiger partial charge in [0, 0.05) is 30.1 Å². The summed E-state index contributed by atoms with van der Waals surface area (Å²) < 4.78 is 7.46. The predicted octanol–water partition coefficient (Wildman–Crippen LogP) is 4.39. The summed E-state index contributed by atoms with van der Waals surface area (Å²) in [6, 6.07) is 15.9. The Bertz CT molecular complexity index is 1010. The number of aryl methyl sites for hydroxylation is 1. The average Bonchev–Trinajstić information content (AvgIpc) is 3.32. The molecule has 1 atom stereocenters. The molecular weight excluding hydrogens is 346 g/mol. The number of thioether (sulfide) groups is 1. The van der Waals surface area contributed by atoms with E-state index in [0.717, 1.165) is 27.9 Å². The van der Waals surface area contributed by atoms with Gasteiger partial charge in [0.2, 0.25) is 0 Å². The Hall–Kier alpha value is -2.93. The highest BCUT2D eigenvalue weighted by atomic mass is 32.2. The van der Waals surface area contributed by atoms with Gasteiger partial charge in [0.25, 0.3) is 0 Å². The molecule has 6 nitrogen and oxygen atoms in total. The second-order valence-electron chi connectivity index (χ2n) is 5.90. The van der Waals surface area contributed by atoms with Crippen LogP contribution in [0.1, 0.15) is 17.7 Å². The Kier molecular flexibility index (Phi) is 4.53. The molecule has 3 aromatic heterocycles. The van der Waals surface area contributed by atoms with Gasteiger partial charge in [-0.05, 0) is 30.7 Å². The number of rotatable bonds is 5. The van der Waals surface area contributed by atoms with Crippen LogP contribution in [0.2, 0.25) is 0 Å². The van der Waals surface area contributed by atoms with Gasteiger partial charge in [-0.3, -0.25) is 4.98 Å². The highest BCUT2D eigenvalue weighted by molar-refractivity contribution is 7.99. The van der Waals surface area contributed by atoms with Crippen LogP contribution in [0.15, 0.2) is 70.7 Å². The van der Waals surface area contributed by atoms with E-state index >= 15 is 0 Å². The van der Waals surface area contributed by atoms with Crippen LogP contribution in [-0.4, -0.2) is 24.9 Å². The Morgan fingerprint density at radius 2 is 2.00 bits per heavy atom. The summed E-state index contributed by atoms with van der Waals surface area (Å²) in [5, 5.41) is 13.3. The van der Waals surface area contributed by atoms with Crippen LogP contribution in [0.3, 0.4) is 0 Å². The number of pyridine rings is 1. The first-order chi connectivity index (χ1) is 12.7.